The van der Waals surface area contributed by atoms with Crippen molar-refractivity contribution in [3.05, 3.63) is 40.7 Å². The van der Waals surface area contributed by atoms with Crippen molar-refractivity contribution in [1.82, 2.24) is 0 Å². The first-order valence-electron chi connectivity index (χ1n) is 2.73. The van der Waals surface area contributed by atoms with E-state index in [0.29, 0.717) is 0 Å². The van der Waals surface area contributed by atoms with Gasteiger partial charge in [-0.2, -0.15) is 0 Å². The normalized spacial score (nSPS) is 20.9. The molecule has 8 heavy (non-hydrogen) atoms. The third-order valence-electron chi connectivity index (χ3n) is 1.53. The van der Waals surface area contributed by atoms with E-state index in [1.165, 1.54) is 16.7 Å². The third kappa shape index (κ3) is 0.312. The highest BCUT2D eigenvalue weighted by Crippen LogP contribution is 2.27. The first kappa shape index (κ1) is 3.94. The molecular weight excluding hydrogens is 96.1 g/mol. The molecule has 3 aliphatic rings. The Morgan fingerprint density at radius 3 is 2.38 bits per heavy atom. The van der Waals surface area contributed by atoms with Crippen LogP contribution in [-0.2, 0) is 0 Å². The second-order valence-corrected chi connectivity index (χ2v) is 2.16. The second kappa shape index (κ2) is 1.04. The van der Waals surface area contributed by atoms with Gasteiger partial charge in [-0.3, -0.25) is 0 Å². The average molecular weight is 102 g/mol. The SMILES string of the molecule is CC1=C=CC2=CC1=C2. The van der Waals surface area contributed by atoms with Crippen LogP contribution in [0.1, 0.15) is 6.92 Å². The standard InChI is InChI=1S/C8H6/c1-6-2-3-7-4-8(6)5-7/h3-5H,1H3. The smallest absolute Gasteiger partial charge is 0.00183 e. The minimum atomic E-state index is 1.26. The van der Waals surface area contributed by atoms with E-state index in [1.807, 2.05) is 6.08 Å². The van der Waals surface area contributed by atoms with Crippen LogP contribution in [0.3, 0.4) is 0 Å². The first-order valence-corrected chi connectivity index (χ1v) is 2.73. The maximum atomic E-state index is 3.14. The summed E-state index contributed by atoms with van der Waals surface area (Å²) in [7, 11) is 0. The quantitative estimate of drug-likeness (QED) is 0.410. The second-order valence-electron chi connectivity index (χ2n) is 2.16. The summed E-state index contributed by atoms with van der Waals surface area (Å²) in [6, 6.07) is 0. The van der Waals surface area contributed by atoms with Crippen LogP contribution in [0.4, 0.5) is 0 Å². The lowest BCUT2D eigenvalue weighted by molar-refractivity contribution is 1.33. The summed E-state index contributed by atoms with van der Waals surface area (Å²) in [5, 5.41) is 0. The van der Waals surface area contributed by atoms with Gasteiger partial charge in [0.2, 0.25) is 0 Å². The lowest BCUT2D eigenvalue weighted by Gasteiger charge is -2.14. The van der Waals surface area contributed by atoms with Crippen molar-refractivity contribution in [3.63, 3.8) is 0 Å². The molecule has 0 atom stereocenters. The molecule has 0 heteroatoms. The zero-order chi connectivity index (χ0) is 5.56. The molecule has 0 fully saturated rings. The molecule has 0 nitrogen and oxygen atoms in total. The summed E-state index contributed by atoms with van der Waals surface area (Å²) in [6.07, 6.45) is 6.36. The van der Waals surface area contributed by atoms with E-state index < -0.39 is 0 Å². The summed E-state index contributed by atoms with van der Waals surface area (Å²) in [6.45, 7) is 2.08. The Morgan fingerprint density at radius 1 is 1.38 bits per heavy atom. The zero-order valence-corrected chi connectivity index (χ0v) is 4.73. The number of rotatable bonds is 0. The monoisotopic (exact) mass is 102 g/mol. The van der Waals surface area contributed by atoms with Crippen molar-refractivity contribution >= 4 is 0 Å². The molecule has 0 aromatic heterocycles. The van der Waals surface area contributed by atoms with Gasteiger partial charge in [0.1, 0.15) is 0 Å². The molecule has 0 amide bonds. The van der Waals surface area contributed by atoms with Gasteiger partial charge in [0, 0.05) is 0 Å². The minimum Gasteiger partial charge on any atom is -0.116 e. The van der Waals surface area contributed by atoms with Crippen LogP contribution in [-0.4, -0.2) is 0 Å². The molecule has 0 N–H and O–H groups in total. The van der Waals surface area contributed by atoms with Crippen LogP contribution in [0.25, 0.3) is 0 Å². The molecular formula is C8H6. The molecule has 0 saturated heterocycles. The maximum Gasteiger partial charge on any atom is -0.00183 e. The topological polar surface area (TPSA) is 0 Å². The van der Waals surface area contributed by atoms with Crippen LogP contribution >= 0.6 is 0 Å². The van der Waals surface area contributed by atoms with Crippen LogP contribution < -0.4 is 0 Å². The van der Waals surface area contributed by atoms with E-state index in [9.17, 15) is 0 Å². The number of allylic oxidation sites excluding steroid dienone is 5. The predicted molar refractivity (Wildman–Crippen MR) is 33.4 cm³/mol. The van der Waals surface area contributed by atoms with Gasteiger partial charge in [-0.25, -0.2) is 0 Å². The summed E-state index contributed by atoms with van der Waals surface area (Å²) in [4.78, 5) is 0. The molecule has 3 rings (SSSR count). The Morgan fingerprint density at radius 2 is 2.12 bits per heavy atom. The molecule has 0 radical (unpaired) electrons. The van der Waals surface area contributed by atoms with Crippen LogP contribution in [0.2, 0.25) is 0 Å². The number of hydrogen-bond donors (Lipinski definition) is 0. The van der Waals surface area contributed by atoms with Gasteiger partial charge in [0.25, 0.3) is 0 Å². The van der Waals surface area contributed by atoms with E-state index in [4.69, 9.17) is 0 Å². The van der Waals surface area contributed by atoms with Crippen molar-refractivity contribution in [1.29, 1.82) is 0 Å². The van der Waals surface area contributed by atoms with E-state index in [-0.39, 0.29) is 0 Å². The lowest BCUT2D eigenvalue weighted by atomic mass is 9.90. The van der Waals surface area contributed by atoms with Crippen molar-refractivity contribution in [2.75, 3.05) is 0 Å². The summed E-state index contributed by atoms with van der Waals surface area (Å²) >= 11 is 0. The Kier molecular flexibility index (Phi) is 0.513. The Balaban J connectivity index is 2.64. The van der Waals surface area contributed by atoms with Crippen molar-refractivity contribution in [3.8, 4) is 0 Å². The summed E-state index contributed by atoms with van der Waals surface area (Å²) < 4.78 is 0. The van der Waals surface area contributed by atoms with Crippen molar-refractivity contribution in [2.45, 2.75) is 6.92 Å². The number of hydrogen-bond acceptors (Lipinski definition) is 0. The van der Waals surface area contributed by atoms with E-state index in [2.05, 4.69) is 24.8 Å². The highest BCUT2D eigenvalue weighted by molar-refractivity contribution is 5.61. The maximum absolute atomic E-state index is 3.14. The van der Waals surface area contributed by atoms with Gasteiger partial charge in [-0.1, -0.05) is 0 Å². The molecule has 0 unspecified atom stereocenters. The van der Waals surface area contributed by atoms with E-state index >= 15 is 0 Å². The molecule has 0 aromatic carbocycles. The van der Waals surface area contributed by atoms with Crippen molar-refractivity contribution < 1.29 is 0 Å². The Labute approximate surface area is 48.5 Å². The zero-order valence-electron chi connectivity index (χ0n) is 4.73. The van der Waals surface area contributed by atoms with Crippen LogP contribution in [0, 0.1) is 0 Å². The van der Waals surface area contributed by atoms with Crippen LogP contribution in [0.5, 0.6) is 0 Å². The van der Waals surface area contributed by atoms with Gasteiger partial charge < -0.3 is 0 Å². The lowest BCUT2D eigenvalue weighted by Crippen LogP contribution is -1.96. The summed E-state index contributed by atoms with van der Waals surface area (Å²) in [5.41, 5.74) is 7.06. The Hall–Kier alpha value is -1.00. The van der Waals surface area contributed by atoms with Gasteiger partial charge in [-0.05, 0) is 41.9 Å². The highest BCUT2D eigenvalue weighted by atomic mass is 14.1. The molecule has 38 valence electrons. The summed E-state index contributed by atoms with van der Waals surface area (Å²) in [5.74, 6) is 0. The van der Waals surface area contributed by atoms with E-state index in [1.54, 1.807) is 0 Å². The fourth-order valence-electron chi connectivity index (χ4n) is 0.921. The fourth-order valence-corrected chi connectivity index (χ4v) is 0.921. The van der Waals surface area contributed by atoms with Gasteiger partial charge in [0.15, 0.2) is 0 Å². The highest BCUT2D eigenvalue weighted by Gasteiger charge is 2.09. The molecule has 0 saturated carbocycles. The molecule has 0 heterocycles. The molecule has 0 aliphatic heterocycles. The predicted octanol–water partition coefficient (Wildman–Crippen LogP) is 1.97. The van der Waals surface area contributed by atoms with Gasteiger partial charge >= 0.3 is 0 Å². The minimum absolute atomic E-state index is 1.26. The Bertz CT molecular complexity index is 256. The van der Waals surface area contributed by atoms with E-state index in [0.717, 1.165) is 0 Å². The molecule has 2 bridgehead atoms. The largest absolute Gasteiger partial charge is 0.116 e. The molecule has 0 spiro atoms. The third-order valence-corrected chi connectivity index (χ3v) is 1.53. The van der Waals surface area contributed by atoms with Gasteiger partial charge in [-0.15, -0.1) is 5.73 Å². The van der Waals surface area contributed by atoms with Crippen molar-refractivity contribution in [2.24, 2.45) is 0 Å². The fraction of sp³-hybridized carbons (Fsp3) is 0.125. The molecule has 3 aliphatic carbocycles. The average Bonchev–Trinajstić information content (AvgIpc) is 1.62. The molecule has 0 aromatic rings. The first-order chi connectivity index (χ1) is 3.86. The van der Waals surface area contributed by atoms with Crippen LogP contribution in [0.15, 0.2) is 40.7 Å². The van der Waals surface area contributed by atoms with Gasteiger partial charge in [0.05, 0.1) is 0 Å².